The predicted octanol–water partition coefficient (Wildman–Crippen LogP) is 2.56. The van der Waals surface area contributed by atoms with E-state index in [2.05, 4.69) is 22.5 Å². The zero-order valence-electron chi connectivity index (χ0n) is 11.8. The molecule has 112 valence electrons. The minimum atomic E-state index is -0.101. The molecule has 1 unspecified atom stereocenters. The molecule has 7 heteroatoms. The van der Waals surface area contributed by atoms with Crippen LogP contribution in [0.2, 0.25) is 0 Å². The largest absolute Gasteiger partial charge is 0.382 e. The molecule has 1 amide bonds. The van der Waals surface area contributed by atoms with Crippen molar-refractivity contribution in [1.82, 2.24) is 10.3 Å². The smallest absolute Gasteiger partial charge is 0.265 e. The fraction of sp³-hybridized carbons (Fsp3) is 0.692. The fourth-order valence-corrected chi connectivity index (χ4v) is 4.12. The van der Waals surface area contributed by atoms with Gasteiger partial charge in [-0.25, -0.2) is 4.98 Å². The molecule has 1 atom stereocenters. The summed E-state index contributed by atoms with van der Waals surface area (Å²) in [4.78, 5) is 16.8. The topological polar surface area (TPSA) is 80.0 Å². The van der Waals surface area contributed by atoms with Gasteiger partial charge in [0, 0.05) is 18.3 Å². The highest BCUT2D eigenvalue weighted by atomic mass is 32.2. The molecule has 1 aliphatic heterocycles. The van der Waals surface area contributed by atoms with Crippen molar-refractivity contribution in [3.63, 3.8) is 0 Å². The maximum absolute atomic E-state index is 12.1. The third kappa shape index (κ3) is 4.28. The zero-order chi connectivity index (χ0) is 14.4. The highest BCUT2D eigenvalue weighted by Crippen LogP contribution is 2.26. The summed E-state index contributed by atoms with van der Waals surface area (Å²) < 4.78 is 0. The Kier molecular flexibility index (Phi) is 5.97. The number of nitrogens with two attached hydrogens (primary N) is 1. The van der Waals surface area contributed by atoms with Crippen molar-refractivity contribution in [2.45, 2.75) is 37.9 Å². The number of aromatic nitrogens is 1. The highest BCUT2D eigenvalue weighted by molar-refractivity contribution is 7.99. The number of amides is 1. The first-order valence-electron chi connectivity index (χ1n) is 7.10. The third-order valence-corrected chi connectivity index (χ3v) is 5.58. The minimum Gasteiger partial charge on any atom is -0.382 e. The molecule has 2 rings (SSSR count). The van der Waals surface area contributed by atoms with Gasteiger partial charge in [0.15, 0.2) is 5.13 Å². The van der Waals surface area contributed by atoms with Gasteiger partial charge in [0.2, 0.25) is 0 Å². The van der Waals surface area contributed by atoms with Crippen LogP contribution in [-0.2, 0) is 0 Å². The van der Waals surface area contributed by atoms with Crippen LogP contribution in [0.1, 0.15) is 42.3 Å². The Morgan fingerprint density at radius 2 is 2.35 bits per heavy atom. The second kappa shape index (κ2) is 7.73. The lowest BCUT2D eigenvalue weighted by Crippen LogP contribution is -2.31. The lowest BCUT2D eigenvalue weighted by atomic mass is 10.2. The van der Waals surface area contributed by atoms with E-state index in [0.717, 1.165) is 24.6 Å². The monoisotopic (exact) mass is 314 g/mol. The number of anilines is 2. The highest BCUT2D eigenvalue weighted by Gasteiger charge is 2.19. The molecule has 4 N–H and O–H groups in total. The molecular formula is C13H22N4OS2. The molecular weight excluding hydrogens is 292 g/mol. The molecule has 1 saturated heterocycles. The van der Waals surface area contributed by atoms with E-state index in [1.165, 1.54) is 36.4 Å². The van der Waals surface area contributed by atoms with Crippen LogP contribution in [-0.4, -0.2) is 35.0 Å². The Bertz CT molecular complexity index is 444. The number of nitrogen functional groups attached to an aromatic ring is 1. The van der Waals surface area contributed by atoms with Gasteiger partial charge in [-0.2, -0.15) is 11.8 Å². The predicted molar refractivity (Wildman–Crippen MR) is 87.7 cm³/mol. The van der Waals surface area contributed by atoms with Gasteiger partial charge in [-0.05, 0) is 25.0 Å². The average molecular weight is 314 g/mol. The van der Waals surface area contributed by atoms with Gasteiger partial charge in [0.05, 0.1) is 0 Å². The van der Waals surface area contributed by atoms with Crippen molar-refractivity contribution in [3.8, 4) is 0 Å². The molecule has 1 aromatic rings. The molecule has 1 fully saturated rings. The zero-order valence-corrected chi connectivity index (χ0v) is 13.4. The maximum atomic E-state index is 12.1. The van der Waals surface area contributed by atoms with Crippen LogP contribution >= 0.6 is 23.1 Å². The van der Waals surface area contributed by atoms with Crippen LogP contribution in [0.25, 0.3) is 0 Å². The van der Waals surface area contributed by atoms with E-state index in [-0.39, 0.29) is 5.91 Å². The lowest BCUT2D eigenvalue weighted by molar-refractivity contribution is 0.0958. The van der Waals surface area contributed by atoms with Gasteiger partial charge in [0.25, 0.3) is 5.91 Å². The maximum Gasteiger partial charge on any atom is 0.265 e. The van der Waals surface area contributed by atoms with Crippen molar-refractivity contribution in [1.29, 1.82) is 0 Å². The van der Waals surface area contributed by atoms with Gasteiger partial charge in [-0.3, -0.25) is 4.79 Å². The number of carbonyl (C=O) groups excluding carboxylic acids is 1. The quantitative estimate of drug-likeness (QED) is 0.752. The number of thioether (sulfide) groups is 1. The molecule has 1 aromatic heterocycles. The molecule has 0 aliphatic carbocycles. The third-order valence-electron chi connectivity index (χ3n) is 3.15. The Hall–Kier alpha value is -0.950. The van der Waals surface area contributed by atoms with Gasteiger partial charge >= 0.3 is 0 Å². The van der Waals surface area contributed by atoms with Crippen LogP contribution in [0, 0.1) is 0 Å². The van der Waals surface area contributed by atoms with E-state index in [4.69, 9.17) is 5.73 Å². The summed E-state index contributed by atoms with van der Waals surface area (Å²) in [6.45, 7) is 3.64. The number of carbonyl (C=O) groups is 1. The first-order valence-corrected chi connectivity index (χ1v) is 8.97. The first kappa shape index (κ1) is 15.4. The summed E-state index contributed by atoms with van der Waals surface area (Å²) in [6, 6.07) is 0. The van der Waals surface area contributed by atoms with Gasteiger partial charge in [-0.1, -0.05) is 24.7 Å². The first-order chi connectivity index (χ1) is 9.70. The number of nitrogens with zero attached hydrogens (tertiary/aromatic N) is 1. The van der Waals surface area contributed by atoms with E-state index < -0.39 is 0 Å². The van der Waals surface area contributed by atoms with E-state index >= 15 is 0 Å². The number of thiazole rings is 1. The Balaban J connectivity index is 1.86. The number of hydrogen-bond donors (Lipinski definition) is 3. The van der Waals surface area contributed by atoms with Crippen LogP contribution in [0.15, 0.2) is 0 Å². The second-order valence-corrected chi connectivity index (χ2v) is 7.27. The van der Waals surface area contributed by atoms with Crippen molar-refractivity contribution < 1.29 is 4.79 Å². The normalized spacial score (nSPS) is 18.8. The second-order valence-electron chi connectivity index (χ2n) is 4.86. The van der Waals surface area contributed by atoms with Crippen molar-refractivity contribution in [3.05, 3.63) is 4.88 Å². The Morgan fingerprint density at radius 1 is 1.50 bits per heavy atom. The van der Waals surface area contributed by atoms with E-state index in [0.29, 0.717) is 15.9 Å². The summed E-state index contributed by atoms with van der Waals surface area (Å²) >= 11 is 3.28. The fourth-order valence-electron chi connectivity index (χ4n) is 2.06. The van der Waals surface area contributed by atoms with Crippen LogP contribution in [0.5, 0.6) is 0 Å². The molecule has 1 aliphatic rings. The van der Waals surface area contributed by atoms with Gasteiger partial charge in [-0.15, -0.1) is 0 Å². The molecule has 0 saturated carbocycles. The van der Waals surface area contributed by atoms with Crippen molar-refractivity contribution >= 4 is 40.0 Å². The molecule has 0 spiro atoms. The minimum absolute atomic E-state index is 0.101. The SMILES string of the molecule is CCCNc1nc(N)c(C(=O)NCC2CCCCS2)s1. The summed E-state index contributed by atoms with van der Waals surface area (Å²) in [5.74, 6) is 1.42. The molecule has 0 bridgehead atoms. The standard InChI is InChI=1S/C13H22N4OS2/c1-2-6-15-13-17-11(14)10(20-13)12(18)16-8-9-5-3-4-7-19-9/h9H,2-8,14H2,1H3,(H,15,17)(H,16,18). The molecule has 2 heterocycles. The van der Waals surface area contributed by atoms with Crippen LogP contribution in [0.4, 0.5) is 10.9 Å². The van der Waals surface area contributed by atoms with Crippen LogP contribution < -0.4 is 16.4 Å². The average Bonchev–Trinajstić information content (AvgIpc) is 2.85. The van der Waals surface area contributed by atoms with Gasteiger partial charge in [0.1, 0.15) is 10.7 Å². The summed E-state index contributed by atoms with van der Waals surface area (Å²) in [6.07, 6.45) is 4.76. The summed E-state index contributed by atoms with van der Waals surface area (Å²) in [5, 5.41) is 7.41. The van der Waals surface area contributed by atoms with E-state index in [1.807, 2.05) is 11.8 Å². The molecule has 0 aromatic carbocycles. The number of rotatable bonds is 6. The molecule has 0 radical (unpaired) electrons. The van der Waals surface area contributed by atoms with Crippen molar-refractivity contribution in [2.75, 3.05) is 29.9 Å². The number of nitrogens with one attached hydrogen (secondary N) is 2. The van der Waals surface area contributed by atoms with Crippen LogP contribution in [0.3, 0.4) is 0 Å². The van der Waals surface area contributed by atoms with Gasteiger partial charge < -0.3 is 16.4 Å². The Labute approximate surface area is 128 Å². The van der Waals surface area contributed by atoms with E-state index in [1.54, 1.807) is 0 Å². The summed E-state index contributed by atoms with van der Waals surface area (Å²) in [7, 11) is 0. The van der Waals surface area contributed by atoms with E-state index in [9.17, 15) is 4.79 Å². The van der Waals surface area contributed by atoms with Crippen molar-refractivity contribution in [2.24, 2.45) is 0 Å². The Morgan fingerprint density at radius 3 is 3.05 bits per heavy atom. The molecule has 20 heavy (non-hydrogen) atoms. The number of hydrogen-bond acceptors (Lipinski definition) is 6. The molecule has 5 nitrogen and oxygen atoms in total. The lowest BCUT2D eigenvalue weighted by Gasteiger charge is -2.21. The summed E-state index contributed by atoms with van der Waals surface area (Å²) in [5.41, 5.74) is 5.82.